The molecule has 1 heterocycles. The van der Waals surface area contributed by atoms with Crippen molar-refractivity contribution in [3.8, 4) is 5.75 Å². The number of aromatic hydroxyl groups is 1. The number of hydrogen-bond donors (Lipinski definition) is 1. The van der Waals surface area contributed by atoms with Gasteiger partial charge in [-0.25, -0.2) is 0 Å². The molecule has 0 spiro atoms. The predicted octanol–water partition coefficient (Wildman–Crippen LogP) is 4.66. The number of hydrogen-bond acceptors (Lipinski definition) is 4. The van der Waals surface area contributed by atoms with Gasteiger partial charge in [-0.1, -0.05) is 60.7 Å². The van der Waals surface area contributed by atoms with E-state index >= 15 is 0 Å². The van der Waals surface area contributed by atoms with Crippen molar-refractivity contribution >= 4 is 16.7 Å². The van der Waals surface area contributed by atoms with Crippen LogP contribution in [0.15, 0.2) is 66.7 Å². The summed E-state index contributed by atoms with van der Waals surface area (Å²) in [6.07, 6.45) is 1.58. The zero-order valence-electron chi connectivity index (χ0n) is 16.0. The van der Waals surface area contributed by atoms with Gasteiger partial charge in [0.15, 0.2) is 0 Å². The van der Waals surface area contributed by atoms with E-state index in [1.807, 2.05) is 36.4 Å². The average Bonchev–Trinajstić information content (AvgIpc) is 2.71. The van der Waals surface area contributed by atoms with Crippen LogP contribution in [0.4, 0.5) is 0 Å². The number of likely N-dealkylation sites (tertiary alicyclic amines) is 1. The highest BCUT2D eigenvalue weighted by atomic mass is 16.5. The van der Waals surface area contributed by atoms with Crippen molar-refractivity contribution < 1.29 is 14.6 Å². The Morgan fingerprint density at radius 3 is 2.39 bits per heavy atom. The van der Waals surface area contributed by atoms with E-state index in [0.29, 0.717) is 5.75 Å². The van der Waals surface area contributed by atoms with E-state index in [2.05, 4.69) is 29.2 Å². The van der Waals surface area contributed by atoms with Crippen LogP contribution in [0.1, 0.15) is 36.9 Å². The molecule has 1 N–H and O–H groups in total. The van der Waals surface area contributed by atoms with E-state index in [1.54, 1.807) is 6.07 Å². The Labute approximate surface area is 165 Å². The normalized spacial score (nSPS) is 16.8. The van der Waals surface area contributed by atoms with Gasteiger partial charge in [-0.15, -0.1) is 0 Å². The fourth-order valence-corrected chi connectivity index (χ4v) is 4.25. The fraction of sp³-hybridized carbons (Fsp3) is 0.292. The van der Waals surface area contributed by atoms with Crippen molar-refractivity contribution in [1.82, 2.24) is 4.90 Å². The van der Waals surface area contributed by atoms with E-state index in [4.69, 9.17) is 4.74 Å². The van der Waals surface area contributed by atoms with Crippen molar-refractivity contribution in [2.24, 2.45) is 0 Å². The van der Waals surface area contributed by atoms with Gasteiger partial charge in [-0.2, -0.15) is 0 Å². The van der Waals surface area contributed by atoms with Gasteiger partial charge in [0.2, 0.25) is 0 Å². The number of ether oxygens (including phenoxy) is 1. The Kier molecular flexibility index (Phi) is 5.31. The monoisotopic (exact) mass is 375 g/mol. The lowest BCUT2D eigenvalue weighted by Gasteiger charge is -2.38. The quantitative estimate of drug-likeness (QED) is 0.674. The van der Waals surface area contributed by atoms with Crippen LogP contribution in [0.3, 0.4) is 0 Å². The van der Waals surface area contributed by atoms with E-state index in [0.717, 1.165) is 47.8 Å². The molecule has 1 atom stereocenters. The first kappa shape index (κ1) is 18.5. The van der Waals surface area contributed by atoms with Crippen LogP contribution >= 0.6 is 0 Å². The summed E-state index contributed by atoms with van der Waals surface area (Å²) in [6.45, 7) is 3.08. The second-order valence-electron chi connectivity index (χ2n) is 7.38. The molecule has 28 heavy (non-hydrogen) atoms. The number of piperidine rings is 1. The van der Waals surface area contributed by atoms with E-state index < -0.39 is 0 Å². The molecule has 1 aliphatic heterocycles. The number of benzene rings is 3. The first-order valence-electron chi connectivity index (χ1n) is 9.80. The number of esters is 1. The summed E-state index contributed by atoms with van der Waals surface area (Å²) in [7, 11) is 0. The molecule has 0 radical (unpaired) electrons. The van der Waals surface area contributed by atoms with E-state index in [-0.39, 0.29) is 18.1 Å². The van der Waals surface area contributed by atoms with Gasteiger partial charge in [0.05, 0.1) is 6.04 Å². The standard InChI is InChI=1S/C24H25NO3/c1-17(26)28-20-13-15-25(16-14-20)24(19-8-3-2-4-9-19)23-21-10-6-5-7-18(21)11-12-22(23)27/h2-12,20,24,27H,13-16H2,1H3. The molecule has 3 aromatic carbocycles. The van der Waals surface area contributed by atoms with E-state index in [9.17, 15) is 9.90 Å². The third kappa shape index (κ3) is 3.73. The molecule has 1 unspecified atom stereocenters. The summed E-state index contributed by atoms with van der Waals surface area (Å²) in [6, 6.07) is 22.2. The number of nitrogens with zero attached hydrogens (tertiary/aromatic N) is 1. The Hall–Kier alpha value is -2.85. The number of carbonyl (C=O) groups excluding carboxylic acids is 1. The molecule has 1 saturated heterocycles. The lowest BCUT2D eigenvalue weighted by Crippen LogP contribution is -2.40. The first-order valence-corrected chi connectivity index (χ1v) is 9.80. The summed E-state index contributed by atoms with van der Waals surface area (Å²) in [5.74, 6) is 0.0967. The molecule has 4 nitrogen and oxygen atoms in total. The molecule has 3 aromatic rings. The number of phenolic OH excluding ortho intramolecular Hbond substituents is 1. The van der Waals surface area contributed by atoms with Crippen LogP contribution in [0.25, 0.3) is 10.8 Å². The summed E-state index contributed by atoms with van der Waals surface area (Å²) >= 11 is 0. The minimum absolute atomic E-state index is 0.0220. The lowest BCUT2D eigenvalue weighted by atomic mass is 9.90. The molecular formula is C24H25NO3. The summed E-state index contributed by atoms with van der Waals surface area (Å²) in [4.78, 5) is 13.7. The third-order valence-corrected chi connectivity index (χ3v) is 5.51. The van der Waals surface area contributed by atoms with Crippen LogP contribution in [0.5, 0.6) is 5.75 Å². The first-order chi connectivity index (χ1) is 13.6. The maximum atomic E-state index is 11.3. The summed E-state index contributed by atoms with van der Waals surface area (Å²) in [5.41, 5.74) is 2.09. The number of phenols is 1. The van der Waals surface area contributed by atoms with Crippen LogP contribution < -0.4 is 0 Å². The van der Waals surface area contributed by atoms with Crippen LogP contribution in [0.2, 0.25) is 0 Å². The summed E-state index contributed by atoms with van der Waals surface area (Å²) < 4.78 is 5.41. The molecule has 0 bridgehead atoms. The second kappa shape index (κ2) is 8.03. The van der Waals surface area contributed by atoms with Crippen molar-refractivity contribution in [3.63, 3.8) is 0 Å². The average molecular weight is 375 g/mol. The molecule has 0 aromatic heterocycles. The van der Waals surface area contributed by atoms with Crippen LogP contribution in [-0.4, -0.2) is 35.2 Å². The Morgan fingerprint density at radius 2 is 1.68 bits per heavy atom. The highest BCUT2D eigenvalue weighted by molar-refractivity contribution is 5.88. The van der Waals surface area contributed by atoms with Crippen molar-refractivity contribution in [3.05, 3.63) is 77.9 Å². The highest BCUT2D eigenvalue weighted by Gasteiger charge is 2.31. The van der Waals surface area contributed by atoms with Gasteiger partial charge in [-0.3, -0.25) is 9.69 Å². The van der Waals surface area contributed by atoms with Gasteiger partial charge >= 0.3 is 5.97 Å². The molecule has 0 aliphatic carbocycles. The number of fused-ring (bicyclic) bond motifs is 1. The van der Waals surface area contributed by atoms with Gasteiger partial charge in [0.1, 0.15) is 11.9 Å². The van der Waals surface area contributed by atoms with Gasteiger partial charge < -0.3 is 9.84 Å². The topological polar surface area (TPSA) is 49.8 Å². The second-order valence-corrected chi connectivity index (χ2v) is 7.38. The zero-order chi connectivity index (χ0) is 19.5. The Balaban J connectivity index is 1.75. The molecule has 4 rings (SSSR count). The molecule has 4 heteroatoms. The third-order valence-electron chi connectivity index (χ3n) is 5.51. The molecule has 0 amide bonds. The van der Waals surface area contributed by atoms with Crippen molar-refractivity contribution in [1.29, 1.82) is 0 Å². The molecular weight excluding hydrogens is 350 g/mol. The highest BCUT2D eigenvalue weighted by Crippen LogP contribution is 2.40. The smallest absolute Gasteiger partial charge is 0.302 e. The number of carbonyl (C=O) groups is 1. The molecule has 0 saturated carbocycles. The van der Waals surface area contributed by atoms with Crippen molar-refractivity contribution in [2.45, 2.75) is 31.9 Å². The fourth-order valence-electron chi connectivity index (χ4n) is 4.25. The van der Waals surface area contributed by atoms with Crippen LogP contribution in [0, 0.1) is 0 Å². The Morgan fingerprint density at radius 1 is 1.00 bits per heavy atom. The maximum Gasteiger partial charge on any atom is 0.302 e. The zero-order valence-corrected chi connectivity index (χ0v) is 16.0. The molecule has 1 aliphatic rings. The summed E-state index contributed by atoms with van der Waals surface area (Å²) in [5, 5.41) is 13.0. The Bertz CT molecular complexity index is 962. The number of rotatable bonds is 4. The molecule has 144 valence electrons. The SMILES string of the molecule is CC(=O)OC1CCN(C(c2ccccc2)c2c(O)ccc3ccccc23)CC1. The maximum absolute atomic E-state index is 11.3. The molecule has 1 fully saturated rings. The van der Waals surface area contributed by atoms with E-state index in [1.165, 1.54) is 6.92 Å². The largest absolute Gasteiger partial charge is 0.508 e. The predicted molar refractivity (Wildman–Crippen MR) is 110 cm³/mol. The van der Waals surface area contributed by atoms with Gasteiger partial charge in [-0.05, 0) is 35.2 Å². The van der Waals surface area contributed by atoms with Gasteiger partial charge in [0, 0.05) is 25.6 Å². The minimum atomic E-state index is -0.218. The lowest BCUT2D eigenvalue weighted by molar-refractivity contribution is -0.148. The van der Waals surface area contributed by atoms with Crippen LogP contribution in [-0.2, 0) is 9.53 Å². The minimum Gasteiger partial charge on any atom is -0.508 e. The van der Waals surface area contributed by atoms with Crippen molar-refractivity contribution in [2.75, 3.05) is 13.1 Å². The van der Waals surface area contributed by atoms with Gasteiger partial charge in [0.25, 0.3) is 0 Å².